The fraction of sp³-hybridized carbons (Fsp3) is 0.872. The Balaban J connectivity index is 1.01. The van der Waals surface area contributed by atoms with Gasteiger partial charge < -0.3 is 63.1 Å². The van der Waals surface area contributed by atoms with Crippen LogP contribution < -0.4 is 0 Å². The molecule has 15 nitrogen and oxygen atoms in total. The first-order valence-corrected chi connectivity index (χ1v) is 23.5. The normalized spacial score (nSPS) is 53.6. The molecule has 62 heavy (non-hydrogen) atoms. The van der Waals surface area contributed by atoms with Gasteiger partial charge in [-0.3, -0.25) is 9.59 Å². The molecule has 9 aliphatic heterocycles. The minimum Gasteiger partial charge on any atom is -0.459 e. The molecule has 0 aromatic heterocycles. The molecule has 8 saturated heterocycles. The van der Waals surface area contributed by atoms with Crippen molar-refractivity contribution in [1.82, 2.24) is 0 Å². The summed E-state index contributed by atoms with van der Waals surface area (Å²) in [5.41, 5.74) is -1.73. The number of ether oxygens (including phenoxy) is 9. The standard InChI is InChI=1S/C47H70O15/c1-26-9-10-32-34(21-37(55-32)47(53)39(50)28(3)13-19-54-47)56-41(52)29(4)31-8-7-14-45(57-31)16-11-33(58-45)40(51)43(6)23-30(49)38(61-43)35-24-44(25-48)17-18-46(59-35,62-44)36-12-15-42(5,60-36)22-27(2)20-26/h9-10,20,27-29,31-40,48,50-51,53H,7-8,11-19,21-25H2,1-6H3/t27-,28+,29+,31-,32+,33-,34+,35+,36+,37-,38-,39+,40-,42+,43+,44-,45-,46-,47+/m0/s1. The number of esters is 1. The molecule has 0 unspecified atom stereocenters. The largest absolute Gasteiger partial charge is 0.459 e. The van der Waals surface area contributed by atoms with Gasteiger partial charge in [-0.1, -0.05) is 37.6 Å². The first-order chi connectivity index (χ1) is 29.3. The topological polar surface area (TPSA) is 198 Å². The Hall–Kier alpha value is -1.86. The molecule has 348 valence electrons. The molecular weight excluding hydrogens is 805 g/mol. The zero-order valence-corrected chi connectivity index (χ0v) is 37.3. The quantitative estimate of drug-likeness (QED) is 0.288. The highest BCUT2D eigenvalue weighted by molar-refractivity contribution is 5.86. The summed E-state index contributed by atoms with van der Waals surface area (Å²) in [6, 6.07) is 0. The van der Waals surface area contributed by atoms with Gasteiger partial charge in [0.15, 0.2) is 17.4 Å². The average Bonchev–Trinajstić information content (AvgIpc) is 4.06. The van der Waals surface area contributed by atoms with Crippen molar-refractivity contribution in [2.75, 3.05) is 13.2 Å². The van der Waals surface area contributed by atoms with Gasteiger partial charge in [-0.25, -0.2) is 0 Å². The molecule has 0 aliphatic carbocycles. The maximum Gasteiger partial charge on any atom is 0.311 e. The van der Waals surface area contributed by atoms with E-state index in [0.717, 1.165) is 18.4 Å². The predicted octanol–water partition coefficient (Wildman–Crippen LogP) is 4.23. The highest BCUT2D eigenvalue weighted by Crippen LogP contribution is 2.55. The lowest BCUT2D eigenvalue weighted by molar-refractivity contribution is -0.365. The molecule has 0 aromatic rings. The number of carbonyl (C=O) groups is 2. The van der Waals surface area contributed by atoms with Crippen LogP contribution in [0.3, 0.4) is 0 Å². The van der Waals surface area contributed by atoms with Crippen molar-refractivity contribution in [3.8, 4) is 0 Å². The summed E-state index contributed by atoms with van der Waals surface area (Å²) < 4.78 is 58.8. The highest BCUT2D eigenvalue weighted by atomic mass is 16.8. The van der Waals surface area contributed by atoms with Gasteiger partial charge in [0.05, 0.1) is 48.6 Å². The second-order valence-electron chi connectivity index (χ2n) is 21.2. The van der Waals surface area contributed by atoms with E-state index in [4.69, 9.17) is 42.6 Å². The molecule has 2 spiro atoms. The van der Waals surface area contributed by atoms with Crippen LogP contribution in [0.4, 0.5) is 0 Å². The molecule has 0 radical (unpaired) electrons. The summed E-state index contributed by atoms with van der Waals surface area (Å²) in [6.45, 7) is 11.7. The smallest absolute Gasteiger partial charge is 0.311 e. The zero-order valence-electron chi connectivity index (χ0n) is 37.3. The lowest BCUT2D eigenvalue weighted by Crippen LogP contribution is -2.59. The van der Waals surface area contributed by atoms with E-state index in [2.05, 4.69) is 19.9 Å². The third-order valence-electron chi connectivity index (χ3n) is 16.0. The Morgan fingerprint density at radius 1 is 0.806 bits per heavy atom. The lowest BCUT2D eigenvalue weighted by atomic mass is 9.87. The van der Waals surface area contributed by atoms with E-state index < -0.39 is 107 Å². The van der Waals surface area contributed by atoms with Crippen molar-refractivity contribution in [3.63, 3.8) is 0 Å². The molecule has 9 heterocycles. The van der Waals surface area contributed by atoms with E-state index in [-0.39, 0.29) is 50.1 Å². The van der Waals surface area contributed by atoms with Crippen molar-refractivity contribution in [2.24, 2.45) is 17.8 Å². The van der Waals surface area contributed by atoms with Crippen LogP contribution in [-0.2, 0) is 52.2 Å². The van der Waals surface area contributed by atoms with Crippen molar-refractivity contribution >= 4 is 11.8 Å². The van der Waals surface area contributed by atoms with Gasteiger partial charge in [-0.15, -0.1) is 0 Å². The maximum absolute atomic E-state index is 14.1. The highest BCUT2D eigenvalue weighted by Gasteiger charge is 2.66. The van der Waals surface area contributed by atoms with E-state index >= 15 is 0 Å². The number of carbonyl (C=O) groups excluding carboxylic acids is 2. The number of hydrogen-bond donors (Lipinski definition) is 4. The summed E-state index contributed by atoms with van der Waals surface area (Å²) in [6.07, 6.45) is 4.76. The molecular formula is C47H70O15. The van der Waals surface area contributed by atoms with Crippen LogP contribution in [0.25, 0.3) is 0 Å². The number of hydrogen-bond acceptors (Lipinski definition) is 15. The van der Waals surface area contributed by atoms with E-state index in [1.54, 1.807) is 13.8 Å². The van der Waals surface area contributed by atoms with Crippen LogP contribution in [0, 0.1) is 17.8 Å². The predicted molar refractivity (Wildman–Crippen MR) is 219 cm³/mol. The molecule has 9 rings (SSSR count). The fourth-order valence-corrected chi connectivity index (χ4v) is 12.5. The summed E-state index contributed by atoms with van der Waals surface area (Å²) in [5, 5.41) is 45.5. The summed E-state index contributed by atoms with van der Waals surface area (Å²) in [5.74, 6) is -5.63. The molecule has 19 atom stereocenters. The zero-order chi connectivity index (χ0) is 44.0. The van der Waals surface area contributed by atoms with Crippen molar-refractivity contribution in [3.05, 3.63) is 23.8 Å². The second-order valence-corrected chi connectivity index (χ2v) is 21.2. The van der Waals surface area contributed by atoms with Crippen LogP contribution >= 0.6 is 0 Å². The Labute approximate surface area is 365 Å². The Morgan fingerprint density at radius 2 is 1.60 bits per heavy atom. The summed E-state index contributed by atoms with van der Waals surface area (Å²) in [7, 11) is 0. The van der Waals surface area contributed by atoms with Gasteiger partial charge in [0.2, 0.25) is 5.79 Å². The van der Waals surface area contributed by atoms with Gasteiger partial charge in [0.25, 0.3) is 0 Å². The monoisotopic (exact) mass is 874 g/mol. The van der Waals surface area contributed by atoms with Crippen LogP contribution in [0.15, 0.2) is 23.8 Å². The average molecular weight is 875 g/mol. The number of fused-ring (bicyclic) bond motifs is 10. The lowest BCUT2D eigenvalue weighted by Gasteiger charge is -2.47. The van der Waals surface area contributed by atoms with Crippen LogP contribution in [0.2, 0.25) is 0 Å². The first kappa shape index (κ1) is 45.3. The Morgan fingerprint density at radius 3 is 2.39 bits per heavy atom. The van der Waals surface area contributed by atoms with Crippen LogP contribution in [0.1, 0.15) is 131 Å². The molecule has 0 amide bonds. The molecule has 8 fully saturated rings. The minimum atomic E-state index is -1.97. The molecule has 0 saturated carbocycles. The van der Waals surface area contributed by atoms with Crippen molar-refractivity contribution in [1.29, 1.82) is 0 Å². The van der Waals surface area contributed by atoms with Gasteiger partial charge in [0, 0.05) is 38.5 Å². The number of aliphatic hydroxyl groups is 4. The van der Waals surface area contributed by atoms with Gasteiger partial charge in [-0.05, 0) is 90.9 Å². The van der Waals surface area contributed by atoms with E-state index in [1.165, 1.54) is 0 Å². The molecule has 4 N–H and O–H groups in total. The number of ketones is 1. The molecule has 9 aliphatic rings. The Bertz CT molecular complexity index is 1770. The molecule has 15 heteroatoms. The van der Waals surface area contributed by atoms with Crippen LogP contribution in [0.5, 0.6) is 0 Å². The maximum atomic E-state index is 14.1. The third kappa shape index (κ3) is 8.09. The van der Waals surface area contributed by atoms with Crippen molar-refractivity contribution in [2.45, 2.75) is 227 Å². The SMILES string of the molecule is CC1=C[C@H](C)C[C@@]2(C)CC[C@@H](O2)[C@@]23CC[C@@](CO)(C[C@@H](O2)[C@H]2O[C@](C)(CC2=O)[C@@H](O)[C@@H]2CC[C@]4(CCC[C@H](O4)[C@@H](C)C(=O)O[C@@H]4C[C@@H]([C@@]5(O)OCC[C@@H](C)[C@H]5O)O[C@@H]4C=C1)O2)O3. The summed E-state index contributed by atoms with van der Waals surface area (Å²) in [4.78, 5) is 28.0. The number of rotatable bonds is 2. The fourth-order valence-electron chi connectivity index (χ4n) is 12.5. The number of allylic oxidation sites excluding steroid dienone is 3. The minimum absolute atomic E-state index is 0.0379. The molecule has 10 bridgehead atoms. The number of Topliss-reactive ketones (excluding diaryl/α,β-unsaturated/α-hetero) is 1. The Kier molecular flexibility index (Phi) is 12.0. The molecule has 0 aromatic carbocycles. The van der Waals surface area contributed by atoms with E-state index in [1.807, 2.05) is 26.0 Å². The van der Waals surface area contributed by atoms with E-state index in [9.17, 15) is 30.0 Å². The number of aliphatic hydroxyl groups excluding tert-OH is 3. The third-order valence-corrected chi connectivity index (χ3v) is 16.0. The van der Waals surface area contributed by atoms with Gasteiger partial charge >= 0.3 is 5.97 Å². The van der Waals surface area contributed by atoms with E-state index in [0.29, 0.717) is 57.8 Å². The first-order valence-electron chi connectivity index (χ1n) is 23.5. The van der Waals surface area contributed by atoms with Gasteiger partial charge in [0.1, 0.15) is 48.3 Å². The summed E-state index contributed by atoms with van der Waals surface area (Å²) >= 11 is 0. The van der Waals surface area contributed by atoms with Crippen molar-refractivity contribution < 1.29 is 72.6 Å². The van der Waals surface area contributed by atoms with Crippen LogP contribution in [-0.4, -0.2) is 141 Å². The second kappa shape index (κ2) is 16.5. The van der Waals surface area contributed by atoms with Gasteiger partial charge in [-0.2, -0.15) is 0 Å².